The fourth-order valence-electron chi connectivity index (χ4n) is 2.03. The van der Waals surface area contributed by atoms with E-state index in [4.69, 9.17) is 14.2 Å². The molecule has 8 nitrogen and oxygen atoms in total. The second kappa shape index (κ2) is 6.47. The molecule has 0 saturated heterocycles. The van der Waals surface area contributed by atoms with Gasteiger partial charge in [-0.05, 0) is 19.9 Å². The van der Waals surface area contributed by atoms with E-state index < -0.39 is 23.4 Å². The predicted octanol–water partition coefficient (Wildman–Crippen LogP) is 1.37. The van der Waals surface area contributed by atoms with E-state index in [1.54, 1.807) is 25.3 Å². The average Bonchev–Trinajstić information content (AvgIpc) is 2.73. The van der Waals surface area contributed by atoms with Gasteiger partial charge in [-0.15, -0.1) is 0 Å². The molecule has 23 heavy (non-hydrogen) atoms. The molecular formula is C15H16N2O6. The van der Waals surface area contributed by atoms with E-state index >= 15 is 0 Å². The summed E-state index contributed by atoms with van der Waals surface area (Å²) in [5.74, 6) is -1.96. The third-order valence-electron chi connectivity index (χ3n) is 3.10. The lowest BCUT2D eigenvalue weighted by Crippen LogP contribution is -2.32. The maximum atomic E-state index is 12.6. The highest BCUT2D eigenvalue weighted by atomic mass is 16.6. The summed E-state index contributed by atoms with van der Waals surface area (Å²) in [4.78, 5) is 39.4. The van der Waals surface area contributed by atoms with Crippen molar-refractivity contribution in [3.05, 3.63) is 41.7 Å². The summed E-state index contributed by atoms with van der Waals surface area (Å²) in [5, 5.41) is 2.27. The largest absolute Gasteiger partial charge is 0.456 e. The number of amides is 1. The van der Waals surface area contributed by atoms with Gasteiger partial charge in [-0.2, -0.15) is 0 Å². The number of pyridine rings is 1. The Morgan fingerprint density at radius 2 is 2.17 bits per heavy atom. The Kier molecular flexibility index (Phi) is 4.63. The Balaban J connectivity index is 2.36. The van der Waals surface area contributed by atoms with E-state index in [0.717, 1.165) is 6.92 Å². The van der Waals surface area contributed by atoms with Crippen LogP contribution in [-0.2, 0) is 29.4 Å². The Morgan fingerprint density at radius 3 is 2.74 bits per heavy atom. The molecule has 1 aromatic rings. The van der Waals surface area contributed by atoms with Crippen LogP contribution in [0.3, 0.4) is 0 Å². The van der Waals surface area contributed by atoms with Crippen molar-refractivity contribution in [2.45, 2.75) is 26.4 Å². The number of aromatic nitrogens is 1. The summed E-state index contributed by atoms with van der Waals surface area (Å²) in [5.41, 5.74) is -1.01. The molecule has 2 rings (SSSR count). The molecule has 0 fully saturated rings. The molecule has 1 unspecified atom stereocenters. The third kappa shape index (κ3) is 3.31. The van der Waals surface area contributed by atoms with Crippen molar-refractivity contribution < 1.29 is 28.6 Å². The SMILES string of the molecule is CCOC(=O)NC1=C(OC(C)=O)C(=O)C(C)(c2cccnc2)O1. The quantitative estimate of drug-likeness (QED) is 0.836. The van der Waals surface area contributed by atoms with E-state index in [9.17, 15) is 14.4 Å². The molecule has 1 aliphatic heterocycles. The van der Waals surface area contributed by atoms with Gasteiger partial charge in [0.05, 0.1) is 6.61 Å². The van der Waals surface area contributed by atoms with Gasteiger partial charge >= 0.3 is 12.1 Å². The predicted molar refractivity (Wildman–Crippen MR) is 76.6 cm³/mol. The second-order valence-corrected chi connectivity index (χ2v) is 4.80. The zero-order valence-corrected chi connectivity index (χ0v) is 12.9. The molecule has 8 heteroatoms. The monoisotopic (exact) mass is 320 g/mol. The van der Waals surface area contributed by atoms with Gasteiger partial charge < -0.3 is 14.2 Å². The Labute approximate surface area is 132 Å². The first-order chi connectivity index (χ1) is 10.9. The number of hydrogen-bond donors (Lipinski definition) is 1. The molecule has 0 bridgehead atoms. The molecule has 2 heterocycles. The molecule has 0 radical (unpaired) electrons. The van der Waals surface area contributed by atoms with Gasteiger partial charge in [-0.25, -0.2) is 4.79 Å². The number of carbonyl (C=O) groups excluding carboxylic acids is 3. The number of rotatable bonds is 4. The molecule has 1 aliphatic rings. The fraction of sp³-hybridized carbons (Fsp3) is 0.333. The summed E-state index contributed by atoms with van der Waals surface area (Å²) >= 11 is 0. The van der Waals surface area contributed by atoms with Crippen molar-refractivity contribution in [1.29, 1.82) is 0 Å². The van der Waals surface area contributed by atoms with Crippen LogP contribution >= 0.6 is 0 Å². The number of nitrogens with zero attached hydrogens (tertiary/aromatic N) is 1. The Hall–Kier alpha value is -2.90. The number of ketones is 1. The number of alkyl carbamates (subject to hydrolysis) is 1. The van der Waals surface area contributed by atoms with Gasteiger partial charge in [-0.3, -0.25) is 19.9 Å². The lowest BCUT2D eigenvalue weighted by Gasteiger charge is -2.22. The molecule has 0 aliphatic carbocycles. The van der Waals surface area contributed by atoms with Gasteiger partial charge in [-0.1, -0.05) is 6.07 Å². The molecule has 0 saturated carbocycles. The normalized spacial score (nSPS) is 20.0. The van der Waals surface area contributed by atoms with E-state index in [1.165, 1.54) is 13.1 Å². The van der Waals surface area contributed by atoms with E-state index in [1.807, 2.05) is 0 Å². The van der Waals surface area contributed by atoms with Crippen LogP contribution in [0.15, 0.2) is 36.2 Å². The van der Waals surface area contributed by atoms with Crippen LogP contribution in [0.5, 0.6) is 0 Å². The minimum absolute atomic E-state index is 0.135. The molecule has 0 spiro atoms. The highest BCUT2D eigenvalue weighted by molar-refractivity contribution is 6.04. The zero-order valence-electron chi connectivity index (χ0n) is 12.9. The highest BCUT2D eigenvalue weighted by Gasteiger charge is 2.50. The van der Waals surface area contributed by atoms with Crippen molar-refractivity contribution in [2.24, 2.45) is 0 Å². The molecular weight excluding hydrogens is 304 g/mol. The zero-order chi connectivity index (χ0) is 17.0. The number of Topliss-reactive ketones (excluding diaryl/α,β-unsaturated/α-hetero) is 1. The number of ether oxygens (including phenoxy) is 3. The number of carbonyl (C=O) groups is 3. The second-order valence-electron chi connectivity index (χ2n) is 4.80. The molecule has 1 aromatic heterocycles. The topological polar surface area (TPSA) is 104 Å². The molecule has 1 atom stereocenters. The number of esters is 1. The van der Waals surface area contributed by atoms with Gasteiger partial charge in [0.25, 0.3) is 5.78 Å². The van der Waals surface area contributed by atoms with Crippen molar-refractivity contribution in [2.75, 3.05) is 6.61 Å². The lowest BCUT2D eigenvalue weighted by atomic mass is 9.93. The summed E-state index contributed by atoms with van der Waals surface area (Å²) in [7, 11) is 0. The third-order valence-corrected chi connectivity index (χ3v) is 3.10. The van der Waals surface area contributed by atoms with Crippen LogP contribution in [0.2, 0.25) is 0 Å². The van der Waals surface area contributed by atoms with Crippen LogP contribution < -0.4 is 5.32 Å². The fourth-order valence-corrected chi connectivity index (χ4v) is 2.03. The Morgan fingerprint density at radius 1 is 1.43 bits per heavy atom. The van der Waals surface area contributed by atoms with Gasteiger partial charge in [0.1, 0.15) is 0 Å². The average molecular weight is 320 g/mol. The minimum Gasteiger partial charge on any atom is -0.456 e. The van der Waals surface area contributed by atoms with Gasteiger partial charge in [0, 0.05) is 24.9 Å². The molecule has 0 aromatic carbocycles. The van der Waals surface area contributed by atoms with Crippen molar-refractivity contribution in [3.63, 3.8) is 0 Å². The van der Waals surface area contributed by atoms with Crippen molar-refractivity contribution in [3.8, 4) is 0 Å². The van der Waals surface area contributed by atoms with Gasteiger partial charge in [0.15, 0.2) is 0 Å². The van der Waals surface area contributed by atoms with Crippen LogP contribution in [0.4, 0.5) is 4.79 Å². The highest BCUT2D eigenvalue weighted by Crippen LogP contribution is 2.38. The van der Waals surface area contributed by atoms with Crippen LogP contribution in [0.25, 0.3) is 0 Å². The van der Waals surface area contributed by atoms with Crippen LogP contribution in [0.1, 0.15) is 26.3 Å². The molecule has 122 valence electrons. The maximum absolute atomic E-state index is 12.6. The van der Waals surface area contributed by atoms with Crippen LogP contribution in [0, 0.1) is 0 Å². The summed E-state index contributed by atoms with van der Waals surface area (Å²) in [6.07, 6.45) is 2.18. The first kappa shape index (κ1) is 16.5. The molecule has 1 N–H and O–H groups in total. The summed E-state index contributed by atoms with van der Waals surface area (Å²) in [6.45, 7) is 4.40. The smallest absolute Gasteiger partial charge is 0.414 e. The lowest BCUT2D eigenvalue weighted by molar-refractivity contribution is -0.142. The van der Waals surface area contributed by atoms with Crippen molar-refractivity contribution >= 4 is 17.8 Å². The van der Waals surface area contributed by atoms with E-state index in [2.05, 4.69) is 10.3 Å². The maximum Gasteiger partial charge on any atom is 0.414 e. The van der Waals surface area contributed by atoms with Gasteiger partial charge in [0.2, 0.25) is 17.2 Å². The van der Waals surface area contributed by atoms with Crippen LogP contribution in [-0.4, -0.2) is 29.4 Å². The van der Waals surface area contributed by atoms with E-state index in [0.29, 0.717) is 5.56 Å². The number of nitrogens with one attached hydrogen (secondary N) is 1. The molecule has 1 amide bonds. The number of hydrogen-bond acceptors (Lipinski definition) is 7. The first-order valence-corrected chi connectivity index (χ1v) is 6.89. The Bertz CT molecular complexity index is 670. The van der Waals surface area contributed by atoms with Crippen molar-refractivity contribution in [1.82, 2.24) is 10.3 Å². The first-order valence-electron chi connectivity index (χ1n) is 6.89. The minimum atomic E-state index is -1.46. The van der Waals surface area contributed by atoms with E-state index in [-0.39, 0.29) is 18.2 Å². The summed E-state index contributed by atoms with van der Waals surface area (Å²) in [6, 6.07) is 3.28. The summed E-state index contributed by atoms with van der Waals surface area (Å²) < 4.78 is 15.2. The standard InChI is InChI=1S/C15H16N2O6/c1-4-21-14(20)17-13-11(22-9(2)18)12(19)15(3,23-13)10-6-5-7-16-8-10/h5-8H,4H2,1-3H3,(H,17,20).